The summed E-state index contributed by atoms with van der Waals surface area (Å²) in [5.41, 5.74) is 5.42. The van der Waals surface area contributed by atoms with E-state index in [1.165, 1.54) is 411 Å². The molecule has 0 saturated heterocycles. The van der Waals surface area contributed by atoms with Crippen molar-refractivity contribution in [2.45, 2.75) is 482 Å². The van der Waals surface area contributed by atoms with Crippen molar-refractivity contribution in [3.8, 4) is 0 Å². The van der Waals surface area contributed by atoms with Gasteiger partial charge in [-0.3, -0.25) is 18.6 Å². The van der Waals surface area contributed by atoms with Gasteiger partial charge in [-0.25, -0.2) is 4.57 Å². The number of unbranched alkanes of at least 4 members (excludes halogenated alkanes) is 67. The summed E-state index contributed by atoms with van der Waals surface area (Å²) in [6.45, 7) is 3.85. The molecule has 0 aliphatic heterocycles. The molecule has 0 aromatic carbocycles. The van der Waals surface area contributed by atoms with Gasteiger partial charge in [0.25, 0.3) is 0 Å². The first-order chi connectivity index (χ1) is 45.8. The van der Waals surface area contributed by atoms with Crippen molar-refractivity contribution >= 4 is 19.8 Å². The predicted molar refractivity (Wildman–Crippen MR) is 405 cm³/mol. The van der Waals surface area contributed by atoms with E-state index >= 15 is 0 Å². The Kier molecular flexibility index (Phi) is 78.7. The number of nitrogens with two attached hydrogens (primary N) is 1. The number of rotatable bonds is 82. The number of allylic oxidation sites excluding steroid dienone is 2. The van der Waals surface area contributed by atoms with Crippen molar-refractivity contribution in [1.29, 1.82) is 0 Å². The van der Waals surface area contributed by atoms with Crippen LogP contribution in [0.3, 0.4) is 0 Å². The number of phosphoric ester groups is 1. The van der Waals surface area contributed by atoms with Gasteiger partial charge in [-0.2, -0.15) is 0 Å². The average Bonchev–Trinajstić information content (AvgIpc) is 3.04. The first-order valence-corrected chi connectivity index (χ1v) is 43.7. The lowest BCUT2D eigenvalue weighted by atomic mass is 10.0. The lowest BCUT2D eigenvalue weighted by molar-refractivity contribution is -0.161. The van der Waals surface area contributed by atoms with Crippen LogP contribution in [0.1, 0.15) is 476 Å². The highest BCUT2D eigenvalue weighted by Gasteiger charge is 2.26. The van der Waals surface area contributed by atoms with Crippen LogP contribution in [-0.2, 0) is 32.7 Å². The van der Waals surface area contributed by atoms with Gasteiger partial charge in [-0.05, 0) is 38.5 Å². The number of hydrogen-bond acceptors (Lipinski definition) is 8. The second-order valence-electron chi connectivity index (χ2n) is 29.1. The Morgan fingerprint density at radius 2 is 0.527 bits per heavy atom. The lowest BCUT2D eigenvalue weighted by Crippen LogP contribution is -2.29. The molecule has 0 heterocycles. The molecule has 2 atom stereocenters. The molecule has 0 saturated carbocycles. The minimum atomic E-state index is -4.39. The molecule has 3 N–H and O–H groups in total. The molecule has 0 radical (unpaired) electrons. The highest BCUT2D eigenvalue weighted by atomic mass is 31.2. The van der Waals surface area contributed by atoms with Gasteiger partial charge in [0.1, 0.15) is 6.61 Å². The van der Waals surface area contributed by atoms with E-state index in [0.29, 0.717) is 6.42 Å². The van der Waals surface area contributed by atoms with Crippen LogP contribution in [0.2, 0.25) is 0 Å². The van der Waals surface area contributed by atoms with Gasteiger partial charge in [0.15, 0.2) is 6.10 Å². The molecular formula is C83H164NO8P. The van der Waals surface area contributed by atoms with Crippen LogP contribution in [0, 0.1) is 0 Å². The molecule has 0 fully saturated rings. The van der Waals surface area contributed by atoms with Crippen molar-refractivity contribution in [2.75, 3.05) is 26.4 Å². The number of phosphoric acid groups is 1. The van der Waals surface area contributed by atoms with Crippen LogP contribution < -0.4 is 5.73 Å². The molecule has 2 unspecified atom stereocenters. The fourth-order valence-electron chi connectivity index (χ4n) is 13.4. The fourth-order valence-corrected chi connectivity index (χ4v) is 14.2. The van der Waals surface area contributed by atoms with E-state index in [4.69, 9.17) is 24.3 Å². The van der Waals surface area contributed by atoms with Gasteiger partial charge in [-0.15, -0.1) is 0 Å². The maximum Gasteiger partial charge on any atom is 0.472 e. The Hall–Kier alpha value is -1.25. The quantitative estimate of drug-likeness (QED) is 0.0264. The molecule has 0 rings (SSSR count). The average molecular weight is 1340 g/mol. The molecule has 0 aliphatic carbocycles. The first kappa shape index (κ1) is 91.8. The summed E-state index contributed by atoms with van der Waals surface area (Å²) in [6.07, 6.45) is 99.6. The van der Waals surface area contributed by atoms with E-state index < -0.39 is 26.5 Å². The third kappa shape index (κ3) is 79.6. The van der Waals surface area contributed by atoms with Crippen molar-refractivity contribution in [3.63, 3.8) is 0 Å². The van der Waals surface area contributed by atoms with Crippen LogP contribution in [0.5, 0.6) is 0 Å². The lowest BCUT2D eigenvalue weighted by Gasteiger charge is -2.19. The van der Waals surface area contributed by atoms with Crippen molar-refractivity contribution in [3.05, 3.63) is 12.2 Å². The van der Waals surface area contributed by atoms with E-state index in [9.17, 15) is 19.0 Å². The molecule has 9 nitrogen and oxygen atoms in total. The Morgan fingerprint density at radius 1 is 0.312 bits per heavy atom. The van der Waals surface area contributed by atoms with Crippen LogP contribution in [-0.4, -0.2) is 49.3 Å². The molecule has 0 aromatic rings. The Morgan fingerprint density at radius 3 is 0.763 bits per heavy atom. The topological polar surface area (TPSA) is 134 Å². The molecule has 0 bridgehead atoms. The third-order valence-corrected chi connectivity index (χ3v) is 20.6. The van der Waals surface area contributed by atoms with Crippen LogP contribution in [0.4, 0.5) is 0 Å². The summed E-state index contributed by atoms with van der Waals surface area (Å²) in [5.74, 6) is -0.795. The van der Waals surface area contributed by atoms with Crippen LogP contribution in [0.25, 0.3) is 0 Å². The highest BCUT2D eigenvalue weighted by molar-refractivity contribution is 7.47. The Balaban J connectivity index is 3.71. The minimum absolute atomic E-state index is 0.0583. The summed E-state index contributed by atoms with van der Waals surface area (Å²) in [4.78, 5) is 35.5. The molecule has 0 aromatic heterocycles. The smallest absolute Gasteiger partial charge is 0.462 e. The van der Waals surface area contributed by atoms with Crippen LogP contribution >= 0.6 is 7.82 Å². The van der Waals surface area contributed by atoms with Crippen LogP contribution in [0.15, 0.2) is 12.2 Å². The van der Waals surface area contributed by atoms with Gasteiger partial charge in [0, 0.05) is 19.4 Å². The predicted octanol–water partition coefficient (Wildman–Crippen LogP) is 28.2. The monoisotopic (exact) mass is 1330 g/mol. The molecule has 0 amide bonds. The SMILES string of the molecule is CCCCCCCCCC/C=C\CCCCCCCCCCCCCCCCCCCCCCCCCCCC(=O)OC(COC(=O)CCCCCCCCCCCCCCCCCCCCCCCCCCCCCCCCCCCCC)COP(=O)(O)OCCN. The van der Waals surface area contributed by atoms with E-state index in [-0.39, 0.29) is 38.6 Å². The van der Waals surface area contributed by atoms with Crippen molar-refractivity contribution < 1.29 is 37.6 Å². The molecule has 10 heteroatoms. The second kappa shape index (κ2) is 79.7. The molecule has 554 valence electrons. The minimum Gasteiger partial charge on any atom is -0.462 e. The summed E-state index contributed by atoms with van der Waals surface area (Å²) in [5, 5.41) is 0. The number of esters is 2. The summed E-state index contributed by atoms with van der Waals surface area (Å²) in [6, 6.07) is 0. The van der Waals surface area contributed by atoms with Crippen molar-refractivity contribution in [1.82, 2.24) is 0 Å². The third-order valence-electron chi connectivity index (χ3n) is 19.7. The molecule has 93 heavy (non-hydrogen) atoms. The van der Waals surface area contributed by atoms with Gasteiger partial charge in [0.05, 0.1) is 13.2 Å². The maximum absolute atomic E-state index is 12.8. The van der Waals surface area contributed by atoms with E-state index in [0.717, 1.165) is 32.1 Å². The molecular weight excluding hydrogens is 1170 g/mol. The summed E-state index contributed by atoms with van der Waals surface area (Å²) < 4.78 is 33.3. The maximum atomic E-state index is 12.8. The van der Waals surface area contributed by atoms with Gasteiger partial charge < -0.3 is 20.1 Å². The standard InChI is InChI=1S/C83H164NO8P/c1-3-5-7-9-11-13-15-17-19-21-23-25-27-29-31-33-35-37-39-40-42-44-46-48-50-52-54-56-58-60-62-64-66-68-70-72-74-76-83(86)92-81(80-91-93(87,88)90-78-77-84)79-89-82(85)75-73-71-69-67-65-63-61-59-57-55-53-51-49-47-45-43-41-38-36-34-32-30-28-26-24-22-20-18-16-14-12-10-8-6-4-2/h21,23,81H,3-20,22,24-80,84H2,1-2H3,(H,87,88)/b23-21-. The van der Waals surface area contributed by atoms with E-state index in [1.54, 1.807) is 0 Å². The van der Waals surface area contributed by atoms with E-state index in [1.807, 2.05) is 0 Å². The normalized spacial score (nSPS) is 12.8. The zero-order valence-corrected chi connectivity index (χ0v) is 63.7. The molecule has 0 aliphatic rings. The van der Waals surface area contributed by atoms with Gasteiger partial charge in [0.2, 0.25) is 0 Å². The second-order valence-corrected chi connectivity index (χ2v) is 30.5. The Bertz CT molecular complexity index is 1530. The largest absolute Gasteiger partial charge is 0.472 e. The highest BCUT2D eigenvalue weighted by Crippen LogP contribution is 2.43. The first-order valence-electron chi connectivity index (χ1n) is 42.2. The Labute approximate surface area is 580 Å². The number of ether oxygens (including phenoxy) is 2. The zero-order valence-electron chi connectivity index (χ0n) is 62.8. The van der Waals surface area contributed by atoms with Gasteiger partial charge in [-0.1, -0.05) is 437 Å². The molecule has 0 spiro atoms. The zero-order chi connectivity index (χ0) is 67.2. The number of carbonyl (C=O) groups is 2. The fraction of sp³-hybridized carbons (Fsp3) is 0.952. The summed E-state index contributed by atoms with van der Waals surface area (Å²) >= 11 is 0. The summed E-state index contributed by atoms with van der Waals surface area (Å²) in [7, 11) is -4.39. The van der Waals surface area contributed by atoms with Gasteiger partial charge >= 0.3 is 19.8 Å². The number of carbonyl (C=O) groups excluding carboxylic acids is 2. The van der Waals surface area contributed by atoms with Crippen molar-refractivity contribution in [2.24, 2.45) is 5.73 Å². The number of hydrogen-bond donors (Lipinski definition) is 2. The van der Waals surface area contributed by atoms with E-state index in [2.05, 4.69) is 26.0 Å².